The molecule has 0 aliphatic carbocycles. The van der Waals surface area contributed by atoms with Gasteiger partial charge in [0.25, 0.3) is 23.4 Å². The molecule has 3 amide bonds. The van der Waals surface area contributed by atoms with Gasteiger partial charge in [-0.2, -0.15) is 0 Å². The summed E-state index contributed by atoms with van der Waals surface area (Å²) < 4.78 is 0. The van der Waals surface area contributed by atoms with Gasteiger partial charge in [0.15, 0.2) is 0 Å². The SMILES string of the molecule is Cc1ccc(N2C(=O)c3ccc(C(=O)Nc4ccccc4[N+](=O)[O-])cc3C2=O)c(C)c1. The summed E-state index contributed by atoms with van der Waals surface area (Å²) in [7, 11) is 0. The molecule has 1 N–H and O–H groups in total. The van der Waals surface area contributed by atoms with Gasteiger partial charge >= 0.3 is 0 Å². The van der Waals surface area contributed by atoms with Gasteiger partial charge in [-0.05, 0) is 49.7 Å². The number of rotatable bonds is 4. The van der Waals surface area contributed by atoms with Gasteiger partial charge in [0.05, 0.1) is 21.7 Å². The number of imide groups is 1. The van der Waals surface area contributed by atoms with Crippen LogP contribution in [0.25, 0.3) is 0 Å². The molecule has 31 heavy (non-hydrogen) atoms. The first kappa shape index (κ1) is 20.0. The summed E-state index contributed by atoms with van der Waals surface area (Å²) in [6, 6.07) is 15.3. The van der Waals surface area contributed by atoms with Crippen LogP contribution in [0.4, 0.5) is 17.1 Å². The van der Waals surface area contributed by atoms with Gasteiger partial charge in [-0.15, -0.1) is 0 Å². The molecule has 0 radical (unpaired) electrons. The van der Waals surface area contributed by atoms with Crippen LogP contribution in [0.1, 0.15) is 42.2 Å². The van der Waals surface area contributed by atoms with E-state index < -0.39 is 22.6 Å². The van der Waals surface area contributed by atoms with Crippen LogP contribution in [0.2, 0.25) is 0 Å². The molecule has 3 aromatic carbocycles. The number of carbonyl (C=O) groups excluding carboxylic acids is 3. The quantitative estimate of drug-likeness (QED) is 0.389. The van der Waals surface area contributed by atoms with E-state index in [9.17, 15) is 24.5 Å². The van der Waals surface area contributed by atoms with E-state index in [4.69, 9.17) is 0 Å². The first-order valence-electron chi connectivity index (χ1n) is 9.43. The van der Waals surface area contributed by atoms with Gasteiger partial charge in [-0.3, -0.25) is 24.5 Å². The molecule has 0 fully saturated rings. The molecule has 0 saturated heterocycles. The monoisotopic (exact) mass is 415 g/mol. The highest BCUT2D eigenvalue weighted by Crippen LogP contribution is 2.32. The summed E-state index contributed by atoms with van der Waals surface area (Å²) in [4.78, 5) is 50.2. The second-order valence-electron chi connectivity index (χ2n) is 7.22. The normalized spacial score (nSPS) is 12.6. The summed E-state index contributed by atoms with van der Waals surface area (Å²) in [5.74, 6) is -1.60. The predicted octanol–water partition coefficient (Wildman–Crippen LogP) is 4.26. The highest BCUT2D eigenvalue weighted by atomic mass is 16.6. The minimum Gasteiger partial charge on any atom is -0.316 e. The van der Waals surface area contributed by atoms with Crippen molar-refractivity contribution in [2.45, 2.75) is 13.8 Å². The second kappa shape index (κ2) is 7.49. The maximum atomic E-state index is 13.0. The molecule has 1 heterocycles. The van der Waals surface area contributed by atoms with Crippen molar-refractivity contribution in [3.63, 3.8) is 0 Å². The Morgan fingerprint density at radius 1 is 0.935 bits per heavy atom. The molecule has 1 aliphatic rings. The van der Waals surface area contributed by atoms with Crippen molar-refractivity contribution in [2.24, 2.45) is 0 Å². The molecule has 1 aliphatic heterocycles. The molecular formula is C23H17N3O5. The van der Waals surface area contributed by atoms with Gasteiger partial charge in [-0.25, -0.2) is 4.90 Å². The third-order valence-corrected chi connectivity index (χ3v) is 5.09. The van der Waals surface area contributed by atoms with Gasteiger partial charge in [0, 0.05) is 11.6 Å². The number of para-hydroxylation sites is 2. The lowest BCUT2D eigenvalue weighted by atomic mass is 10.1. The number of aryl methyl sites for hydroxylation is 2. The number of nitro groups is 1. The van der Waals surface area contributed by atoms with Crippen LogP contribution >= 0.6 is 0 Å². The van der Waals surface area contributed by atoms with Crippen LogP contribution in [0, 0.1) is 24.0 Å². The molecule has 0 saturated carbocycles. The summed E-state index contributed by atoms with van der Waals surface area (Å²) in [6.07, 6.45) is 0. The molecule has 0 bridgehead atoms. The Morgan fingerprint density at radius 3 is 2.35 bits per heavy atom. The van der Waals surface area contributed by atoms with E-state index in [1.165, 1.54) is 36.4 Å². The molecule has 8 nitrogen and oxygen atoms in total. The van der Waals surface area contributed by atoms with Crippen molar-refractivity contribution in [1.29, 1.82) is 0 Å². The standard InChI is InChI=1S/C23H17N3O5/c1-13-7-10-19(14(2)11-13)25-22(28)16-9-8-15(12-17(16)23(25)29)21(27)24-18-5-3-4-6-20(18)26(30)31/h3-12H,1-2H3,(H,24,27). The van der Waals surface area contributed by atoms with Gasteiger partial charge in [0.1, 0.15) is 5.69 Å². The summed E-state index contributed by atoms with van der Waals surface area (Å²) in [5, 5.41) is 13.7. The molecule has 0 atom stereocenters. The molecule has 154 valence electrons. The molecule has 3 aromatic rings. The van der Waals surface area contributed by atoms with E-state index in [1.54, 1.807) is 12.1 Å². The van der Waals surface area contributed by atoms with Crippen molar-refractivity contribution >= 4 is 34.8 Å². The number of anilines is 2. The van der Waals surface area contributed by atoms with Crippen LogP contribution in [0.5, 0.6) is 0 Å². The molecule has 0 unspecified atom stereocenters. The molecular weight excluding hydrogens is 398 g/mol. The lowest BCUT2D eigenvalue weighted by Crippen LogP contribution is -2.30. The fourth-order valence-electron chi connectivity index (χ4n) is 3.59. The number of nitrogens with zero attached hydrogens (tertiary/aromatic N) is 2. The summed E-state index contributed by atoms with van der Waals surface area (Å²) in [5.41, 5.74) is 2.49. The Morgan fingerprint density at radius 2 is 1.65 bits per heavy atom. The average molecular weight is 415 g/mol. The number of benzene rings is 3. The number of carbonyl (C=O) groups is 3. The topological polar surface area (TPSA) is 110 Å². The fourth-order valence-corrected chi connectivity index (χ4v) is 3.59. The van der Waals surface area contributed by atoms with Crippen LogP contribution in [0.3, 0.4) is 0 Å². The minimum atomic E-state index is -0.623. The first-order chi connectivity index (χ1) is 14.8. The van der Waals surface area contributed by atoms with E-state index >= 15 is 0 Å². The van der Waals surface area contributed by atoms with Gasteiger partial charge in [0.2, 0.25) is 0 Å². The molecule has 0 spiro atoms. The first-order valence-corrected chi connectivity index (χ1v) is 9.43. The lowest BCUT2D eigenvalue weighted by Gasteiger charge is -2.16. The van der Waals surface area contributed by atoms with Crippen molar-refractivity contribution in [2.75, 3.05) is 10.2 Å². The van der Waals surface area contributed by atoms with Crippen molar-refractivity contribution in [3.8, 4) is 0 Å². The number of amides is 3. The third-order valence-electron chi connectivity index (χ3n) is 5.09. The van der Waals surface area contributed by atoms with E-state index in [1.807, 2.05) is 26.0 Å². The highest BCUT2D eigenvalue weighted by Gasteiger charge is 2.37. The van der Waals surface area contributed by atoms with Crippen molar-refractivity contribution < 1.29 is 19.3 Å². The maximum absolute atomic E-state index is 13.0. The minimum absolute atomic E-state index is 0.0392. The largest absolute Gasteiger partial charge is 0.316 e. The van der Waals surface area contributed by atoms with Crippen LogP contribution in [-0.2, 0) is 0 Å². The number of hydrogen-bond acceptors (Lipinski definition) is 5. The fraction of sp³-hybridized carbons (Fsp3) is 0.0870. The van der Waals surface area contributed by atoms with E-state index in [2.05, 4.69) is 5.32 Å². The summed E-state index contributed by atoms with van der Waals surface area (Å²) in [6.45, 7) is 3.73. The Balaban J connectivity index is 1.66. The number of nitro benzene ring substituents is 1. The number of hydrogen-bond donors (Lipinski definition) is 1. The smallest absolute Gasteiger partial charge is 0.292 e. The molecule has 4 rings (SSSR count). The maximum Gasteiger partial charge on any atom is 0.292 e. The average Bonchev–Trinajstić information content (AvgIpc) is 2.98. The van der Waals surface area contributed by atoms with Crippen molar-refractivity contribution in [1.82, 2.24) is 0 Å². The molecule has 8 heteroatoms. The van der Waals surface area contributed by atoms with E-state index in [0.29, 0.717) is 5.69 Å². The Bertz CT molecular complexity index is 1280. The zero-order chi connectivity index (χ0) is 22.3. The zero-order valence-corrected chi connectivity index (χ0v) is 16.7. The second-order valence-corrected chi connectivity index (χ2v) is 7.22. The van der Waals surface area contributed by atoms with E-state index in [0.717, 1.165) is 16.0 Å². The zero-order valence-electron chi connectivity index (χ0n) is 16.7. The van der Waals surface area contributed by atoms with Gasteiger partial charge in [-0.1, -0.05) is 29.8 Å². The number of fused-ring (bicyclic) bond motifs is 1. The predicted molar refractivity (Wildman–Crippen MR) is 115 cm³/mol. The van der Waals surface area contributed by atoms with Gasteiger partial charge < -0.3 is 5.32 Å². The highest BCUT2D eigenvalue weighted by molar-refractivity contribution is 6.35. The van der Waals surface area contributed by atoms with Crippen LogP contribution in [0.15, 0.2) is 60.7 Å². The lowest BCUT2D eigenvalue weighted by molar-refractivity contribution is -0.383. The number of nitrogens with one attached hydrogen (secondary N) is 1. The third kappa shape index (κ3) is 3.44. The van der Waals surface area contributed by atoms with Crippen LogP contribution in [-0.4, -0.2) is 22.6 Å². The summed E-state index contributed by atoms with van der Waals surface area (Å²) >= 11 is 0. The Hall–Kier alpha value is -4.33. The van der Waals surface area contributed by atoms with Crippen LogP contribution < -0.4 is 10.2 Å². The Kier molecular flexibility index (Phi) is 4.82. The molecule has 0 aromatic heterocycles. The van der Waals surface area contributed by atoms with Crippen molar-refractivity contribution in [3.05, 3.63) is 98.6 Å². The Labute approximate surface area is 177 Å². The van der Waals surface area contributed by atoms with E-state index in [-0.39, 0.29) is 28.1 Å².